The Labute approximate surface area is 136 Å². The van der Waals surface area contributed by atoms with Crippen LogP contribution in [0, 0.1) is 13.8 Å². The summed E-state index contributed by atoms with van der Waals surface area (Å²) < 4.78 is 7.13. The molecule has 0 aliphatic rings. The van der Waals surface area contributed by atoms with Crippen LogP contribution in [-0.2, 0) is 17.8 Å². The summed E-state index contributed by atoms with van der Waals surface area (Å²) in [7, 11) is 1.71. The molecule has 0 unspecified atom stereocenters. The fourth-order valence-corrected chi connectivity index (χ4v) is 2.84. The fourth-order valence-electron chi connectivity index (χ4n) is 2.84. The average Bonchev–Trinajstić information content (AvgIpc) is 2.84. The van der Waals surface area contributed by atoms with E-state index in [0.29, 0.717) is 6.61 Å². The number of nitrogens with one attached hydrogen (secondary N) is 1. The number of nitrogens with zero attached hydrogens (tertiary/aromatic N) is 3. The van der Waals surface area contributed by atoms with Gasteiger partial charge in [0.15, 0.2) is 0 Å². The van der Waals surface area contributed by atoms with E-state index in [1.54, 1.807) is 7.11 Å². The van der Waals surface area contributed by atoms with Gasteiger partial charge in [0.25, 0.3) is 0 Å². The fraction of sp³-hybridized carbons (Fsp3) is 0.333. The molecule has 0 saturated carbocycles. The van der Waals surface area contributed by atoms with Crippen molar-refractivity contribution in [3.05, 3.63) is 53.5 Å². The smallest absolute Gasteiger partial charge is 0.0828 e. The second kappa shape index (κ2) is 6.79. The Morgan fingerprint density at radius 1 is 1.17 bits per heavy atom. The quantitative estimate of drug-likeness (QED) is 0.759. The average molecular weight is 310 g/mol. The number of aromatic nitrogens is 3. The summed E-state index contributed by atoms with van der Waals surface area (Å²) in [6.07, 6.45) is 1.84. The molecule has 1 aromatic carbocycles. The third-order valence-corrected chi connectivity index (χ3v) is 4.06. The molecule has 0 fully saturated rings. The van der Waals surface area contributed by atoms with Gasteiger partial charge in [-0.3, -0.25) is 9.67 Å². The van der Waals surface area contributed by atoms with Crippen LogP contribution in [0.5, 0.6) is 0 Å². The van der Waals surface area contributed by atoms with Crippen LogP contribution in [0.4, 0.5) is 5.69 Å². The van der Waals surface area contributed by atoms with Crippen molar-refractivity contribution < 1.29 is 4.74 Å². The molecule has 0 bridgehead atoms. The van der Waals surface area contributed by atoms with Gasteiger partial charge in [-0.2, -0.15) is 5.10 Å². The lowest BCUT2D eigenvalue weighted by molar-refractivity contribution is 0.182. The number of methoxy groups -OCH3 is 1. The normalized spacial score (nSPS) is 11.1. The van der Waals surface area contributed by atoms with Gasteiger partial charge >= 0.3 is 0 Å². The van der Waals surface area contributed by atoms with Crippen LogP contribution in [0.15, 0.2) is 36.5 Å². The van der Waals surface area contributed by atoms with Crippen LogP contribution in [0.3, 0.4) is 0 Å². The summed E-state index contributed by atoms with van der Waals surface area (Å²) >= 11 is 0. The van der Waals surface area contributed by atoms with Crippen LogP contribution in [0.25, 0.3) is 10.9 Å². The zero-order chi connectivity index (χ0) is 16.2. The number of rotatable bonds is 6. The van der Waals surface area contributed by atoms with E-state index in [1.165, 1.54) is 5.56 Å². The molecule has 0 saturated heterocycles. The molecule has 0 atom stereocenters. The highest BCUT2D eigenvalue weighted by molar-refractivity contribution is 5.81. The molecular weight excluding hydrogens is 288 g/mol. The Morgan fingerprint density at radius 2 is 2.00 bits per heavy atom. The molecule has 2 aromatic heterocycles. The molecule has 23 heavy (non-hydrogen) atoms. The van der Waals surface area contributed by atoms with Crippen molar-refractivity contribution in [1.82, 2.24) is 14.8 Å². The molecule has 0 spiro atoms. The Morgan fingerprint density at radius 3 is 2.83 bits per heavy atom. The molecule has 120 valence electrons. The number of ether oxygens (including phenoxy) is 1. The first-order valence-corrected chi connectivity index (χ1v) is 7.80. The maximum atomic E-state index is 5.14. The first-order valence-electron chi connectivity index (χ1n) is 7.80. The predicted octanol–water partition coefficient (Wildman–Crippen LogP) is 3.31. The standard InChI is InChI=1S/C18H22N4O/c1-13-17(14(2)22(21-13)10-11-23-3)20-12-16-7-4-6-15-8-5-9-19-18(15)16/h4-9,20H,10-12H2,1-3H3. The highest BCUT2D eigenvalue weighted by Gasteiger charge is 2.11. The van der Waals surface area contributed by atoms with Crippen LogP contribution < -0.4 is 5.32 Å². The van der Waals surface area contributed by atoms with E-state index in [-0.39, 0.29) is 0 Å². The molecule has 0 radical (unpaired) electrons. The minimum Gasteiger partial charge on any atom is -0.383 e. The summed E-state index contributed by atoms with van der Waals surface area (Å²) in [5.74, 6) is 0. The third-order valence-electron chi connectivity index (χ3n) is 4.06. The zero-order valence-corrected chi connectivity index (χ0v) is 13.8. The minimum atomic E-state index is 0.661. The molecule has 3 aromatic rings. The van der Waals surface area contributed by atoms with Gasteiger partial charge in [0.05, 0.1) is 35.7 Å². The Bertz CT molecular complexity index is 805. The van der Waals surface area contributed by atoms with Crippen molar-refractivity contribution in [2.24, 2.45) is 0 Å². The van der Waals surface area contributed by atoms with Gasteiger partial charge in [-0.25, -0.2) is 0 Å². The summed E-state index contributed by atoms with van der Waals surface area (Å²) in [4.78, 5) is 4.51. The van der Waals surface area contributed by atoms with Crippen LogP contribution in [0.2, 0.25) is 0 Å². The van der Waals surface area contributed by atoms with Crippen molar-refractivity contribution in [2.45, 2.75) is 26.9 Å². The van der Waals surface area contributed by atoms with Gasteiger partial charge in [0, 0.05) is 25.2 Å². The second-order valence-corrected chi connectivity index (χ2v) is 5.61. The third kappa shape index (κ3) is 3.19. The highest BCUT2D eigenvalue weighted by atomic mass is 16.5. The number of fused-ring (bicyclic) bond motifs is 1. The summed E-state index contributed by atoms with van der Waals surface area (Å²) in [6.45, 7) is 6.26. The number of aryl methyl sites for hydroxylation is 1. The van der Waals surface area contributed by atoms with Crippen molar-refractivity contribution in [3.8, 4) is 0 Å². The molecular formula is C18H22N4O. The number of pyridine rings is 1. The van der Waals surface area contributed by atoms with Crippen LogP contribution >= 0.6 is 0 Å². The van der Waals surface area contributed by atoms with Crippen LogP contribution in [0.1, 0.15) is 17.0 Å². The number of para-hydroxylation sites is 1. The molecule has 1 N–H and O–H groups in total. The number of benzene rings is 1. The van der Waals surface area contributed by atoms with Crippen molar-refractivity contribution in [3.63, 3.8) is 0 Å². The summed E-state index contributed by atoms with van der Waals surface area (Å²) in [5, 5.41) is 9.27. The lowest BCUT2D eigenvalue weighted by atomic mass is 10.1. The maximum absolute atomic E-state index is 5.14. The molecule has 0 amide bonds. The molecule has 0 aliphatic carbocycles. The lowest BCUT2D eigenvalue weighted by Gasteiger charge is -2.10. The predicted molar refractivity (Wildman–Crippen MR) is 92.6 cm³/mol. The Kier molecular flexibility index (Phi) is 4.57. The Balaban J connectivity index is 1.81. The van der Waals surface area contributed by atoms with Gasteiger partial charge in [0.1, 0.15) is 0 Å². The van der Waals surface area contributed by atoms with Gasteiger partial charge < -0.3 is 10.1 Å². The molecule has 5 heteroatoms. The van der Waals surface area contributed by atoms with E-state index in [4.69, 9.17) is 4.74 Å². The highest BCUT2D eigenvalue weighted by Crippen LogP contribution is 2.22. The van der Waals surface area contributed by atoms with Crippen molar-refractivity contribution in [2.75, 3.05) is 19.0 Å². The monoisotopic (exact) mass is 310 g/mol. The number of hydrogen-bond acceptors (Lipinski definition) is 4. The molecule has 2 heterocycles. The topological polar surface area (TPSA) is 52.0 Å². The van der Waals surface area contributed by atoms with E-state index in [9.17, 15) is 0 Å². The number of anilines is 1. The van der Waals surface area contributed by atoms with Crippen LogP contribution in [-0.4, -0.2) is 28.5 Å². The van der Waals surface area contributed by atoms with Gasteiger partial charge in [-0.15, -0.1) is 0 Å². The maximum Gasteiger partial charge on any atom is 0.0828 e. The first-order chi connectivity index (χ1) is 11.2. The van der Waals surface area contributed by atoms with E-state index in [1.807, 2.05) is 23.9 Å². The van der Waals surface area contributed by atoms with Crippen molar-refractivity contribution >= 4 is 16.6 Å². The van der Waals surface area contributed by atoms with E-state index < -0.39 is 0 Å². The minimum absolute atomic E-state index is 0.661. The van der Waals surface area contributed by atoms with Crippen molar-refractivity contribution in [1.29, 1.82) is 0 Å². The second-order valence-electron chi connectivity index (χ2n) is 5.61. The molecule has 0 aliphatic heterocycles. The van der Waals surface area contributed by atoms with Gasteiger partial charge in [-0.05, 0) is 25.5 Å². The van der Waals surface area contributed by atoms with Gasteiger partial charge in [-0.1, -0.05) is 24.3 Å². The van der Waals surface area contributed by atoms with E-state index in [2.05, 4.69) is 46.6 Å². The van der Waals surface area contributed by atoms with E-state index >= 15 is 0 Å². The van der Waals surface area contributed by atoms with E-state index in [0.717, 1.165) is 41.1 Å². The van der Waals surface area contributed by atoms with Gasteiger partial charge in [0.2, 0.25) is 0 Å². The summed E-state index contributed by atoms with van der Waals surface area (Å²) in [6, 6.07) is 10.3. The largest absolute Gasteiger partial charge is 0.383 e. The SMILES string of the molecule is COCCn1nc(C)c(NCc2cccc3cccnc23)c1C. The zero-order valence-electron chi connectivity index (χ0n) is 13.8. The molecule has 5 nitrogen and oxygen atoms in total. The molecule has 3 rings (SSSR count). The first kappa shape index (κ1) is 15.5. The Hall–Kier alpha value is -2.40. The lowest BCUT2D eigenvalue weighted by Crippen LogP contribution is -2.08. The number of hydrogen-bond donors (Lipinski definition) is 1. The summed E-state index contributed by atoms with van der Waals surface area (Å²) in [5.41, 5.74) is 5.46.